The van der Waals surface area contributed by atoms with Crippen molar-refractivity contribution in [3.05, 3.63) is 59.8 Å². The van der Waals surface area contributed by atoms with Crippen molar-refractivity contribution in [3.63, 3.8) is 0 Å². The molecule has 0 aliphatic carbocycles. The first-order chi connectivity index (χ1) is 10.5. The molecule has 0 radical (unpaired) electrons. The minimum atomic E-state index is -0.232. The number of hydrazine groups is 1. The summed E-state index contributed by atoms with van der Waals surface area (Å²) in [6.07, 6.45) is 2.15. The highest BCUT2D eigenvalue weighted by atomic mass is 16.2. The Balaban J connectivity index is 1.77. The smallest absolute Gasteiger partial charge is 0.244 e. The van der Waals surface area contributed by atoms with Crippen LogP contribution in [0.1, 0.15) is 31.4 Å². The maximum atomic E-state index is 12.0. The molecule has 0 spiro atoms. The van der Waals surface area contributed by atoms with E-state index in [0.29, 0.717) is 12.2 Å². The molecule has 1 fully saturated rings. The zero-order valence-corrected chi connectivity index (χ0v) is 12.6. The van der Waals surface area contributed by atoms with Gasteiger partial charge in [0.25, 0.3) is 0 Å². The molecular weight excluding hydrogens is 274 g/mol. The Morgan fingerprint density at radius 1 is 1.09 bits per heavy atom. The van der Waals surface area contributed by atoms with Gasteiger partial charge in [0.2, 0.25) is 5.91 Å². The van der Waals surface area contributed by atoms with Crippen LogP contribution in [0.4, 0.5) is 5.82 Å². The molecule has 1 aromatic heterocycles. The van der Waals surface area contributed by atoms with E-state index in [-0.39, 0.29) is 11.4 Å². The number of aromatic nitrogens is 1. The monoisotopic (exact) mass is 291 g/mol. The molecule has 1 aliphatic heterocycles. The molecule has 22 heavy (non-hydrogen) atoms. The summed E-state index contributed by atoms with van der Waals surface area (Å²) in [6, 6.07) is 13.5. The van der Waals surface area contributed by atoms with Crippen molar-refractivity contribution in [1.82, 2.24) is 10.4 Å². The van der Waals surface area contributed by atoms with E-state index in [2.05, 4.69) is 22.3 Å². The van der Waals surface area contributed by atoms with Crippen LogP contribution in [0, 0.1) is 11.8 Å². The molecule has 2 heterocycles. The molecule has 4 nitrogen and oxygen atoms in total. The number of hydrogen-bond acceptors (Lipinski definition) is 3. The Morgan fingerprint density at radius 2 is 1.82 bits per heavy atom. The molecule has 110 valence electrons. The summed E-state index contributed by atoms with van der Waals surface area (Å²) < 4.78 is 0. The molecule has 0 bridgehead atoms. The van der Waals surface area contributed by atoms with Gasteiger partial charge in [0, 0.05) is 29.3 Å². The topological polar surface area (TPSA) is 45.2 Å². The van der Waals surface area contributed by atoms with Crippen molar-refractivity contribution in [2.75, 3.05) is 5.01 Å². The molecule has 1 aliphatic rings. The maximum Gasteiger partial charge on any atom is 0.244 e. The molecule has 0 unspecified atom stereocenters. The van der Waals surface area contributed by atoms with Crippen molar-refractivity contribution in [2.24, 2.45) is 0 Å². The van der Waals surface area contributed by atoms with Gasteiger partial charge >= 0.3 is 0 Å². The zero-order valence-electron chi connectivity index (χ0n) is 12.6. The number of nitrogens with one attached hydrogen (secondary N) is 1. The average Bonchev–Trinajstić information content (AvgIpc) is 2.80. The van der Waals surface area contributed by atoms with Gasteiger partial charge in [0.1, 0.15) is 5.82 Å². The number of nitrogens with zero attached hydrogens (tertiary/aromatic N) is 2. The highest BCUT2D eigenvalue weighted by Crippen LogP contribution is 2.23. The summed E-state index contributed by atoms with van der Waals surface area (Å²) in [5.74, 6) is 6.78. The van der Waals surface area contributed by atoms with E-state index >= 15 is 0 Å². The van der Waals surface area contributed by atoms with Crippen LogP contribution in [0.5, 0.6) is 0 Å². The Morgan fingerprint density at radius 3 is 2.41 bits per heavy atom. The minimum absolute atomic E-state index is 0.0284. The van der Waals surface area contributed by atoms with Crippen LogP contribution in [0.3, 0.4) is 0 Å². The third-order valence-electron chi connectivity index (χ3n) is 3.36. The summed E-state index contributed by atoms with van der Waals surface area (Å²) in [6.45, 7) is 3.98. The number of rotatable bonds is 1. The quantitative estimate of drug-likeness (QED) is 0.821. The van der Waals surface area contributed by atoms with E-state index in [4.69, 9.17) is 0 Å². The lowest BCUT2D eigenvalue weighted by molar-refractivity contribution is -0.117. The van der Waals surface area contributed by atoms with Gasteiger partial charge in [0.15, 0.2) is 0 Å². The third kappa shape index (κ3) is 3.16. The van der Waals surface area contributed by atoms with Crippen LogP contribution in [0.25, 0.3) is 0 Å². The maximum absolute atomic E-state index is 12.0. The molecule has 2 aromatic rings. The van der Waals surface area contributed by atoms with Gasteiger partial charge in [-0.25, -0.2) is 15.4 Å². The SMILES string of the molecule is CC1(C)CC(=O)N(c2ccc(C#Cc3ccccc3)cn2)N1. The first-order valence-electron chi connectivity index (χ1n) is 7.17. The van der Waals surface area contributed by atoms with E-state index < -0.39 is 0 Å². The lowest BCUT2D eigenvalue weighted by atomic mass is 10.0. The molecule has 0 saturated carbocycles. The van der Waals surface area contributed by atoms with Crippen LogP contribution in [-0.2, 0) is 4.79 Å². The molecule has 1 amide bonds. The highest BCUT2D eigenvalue weighted by molar-refractivity contribution is 5.94. The second kappa shape index (κ2) is 5.63. The normalized spacial score (nSPS) is 16.3. The Hall–Kier alpha value is -2.64. The fraction of sp³-hybridized carbons (Fsp3) is 0.222. The Kier molecular flexibility index (Phi) is 3.66. The predicted molar refractivity (Wildman–Crippen MR) is 86.0 cm³/mol. The van der Waals surface area contributed by atoms with Crippen molar-refractivity contribution >= 4 is 11.7 Å². The summed E-state index contributed by atoms with van der Waals surface area (Å²) in [5, 5.41) is 1.51. The summed E-state index contributed by atoms with van der Waals surface area (Å²) in [4.78, 5) is 16.3. The summed E-state index contributed by atoms with van der Waals surface area (Å²) in [5.41, 5.74) is 4.71. The number of anilines is 1. The van der Waals surface area contributed by atoms with Gasteiger partial charge in [-0.15, -0.1) is 0 Å². The van der Waals surface area contributed by atoms with Crippen molar-refractivity contribution in [1.29, 1.82) is 0 Å². The summed E-state index contributed by atoms with van der Waals surface area (Å²) in [7, 11) is 0. The number of pyridine rings is 1. The van der Waals surface area contributed by atoms with E-state index in [9.17, 15) is 4.79 Å². The predicted octanol–water partition coefficient (Wildman–Crippen LogP) is 2.50. The van der Waals surface area contributed by atoms with Crippen molar-refractivity contribution in [2.45, 2.75) is 25.8 Å². The zero-order chi connectivity index (χ0) is 15.6. The molecule has 3 rings (SSSR count). The van der Waals surface area contributed by atoms with E-state index in [1.54, 1.807) is 12.3 Å². The van der Waals surface area contributed by atoms with Crippen LogP contribution < -0.4 is 10.4 Å². The second-order valence-corrected chi connectivity index (χ2v) is 5.92. The molecular formula is C18H17N3O. The van der Waals surface area contributed by atoms with Gasteiger partial charge in [-0.2, -0.15) is 0 Å². The number of amides is 1. The van der Waals surface area contributed by atoms with Crippen LogP contribution in [0.2, 0.25) is 0 Å². The highest BCUT2D eigenvalue weighted by Gasteiger charge is 2.36. The Bertz CT molecular complexity index is 739. The molecule has 0 atom stereocenters. The van der Waals surface area contributed by atoms with E-state index in [1.807, 2.05) is 50.2 Å². The van der Waals surface area contributed by atoms with Crippen LogP contribution in [0.15, 0.2) is 48.7 Å². The van der Waals surface area contributed by atoms with Gasteiger partial charge in [0.05, 0.1) is 0 Å². The first-order valence-corrected chi connectivity index (χ1v) is 7.17. The Labute approximate surface area is 130 Å². The standard InChI is InChI=1S/C18H17N3O/c1-18(2)12-17(22)21(20-18)16-11-10-15(13-19-16)9-8-14-6-4-3-5-7-14/h3-7,10-11,13,20H,12H2,1-2H3. The fourth-order valence-electron chi connectivity index (χ4n) is 2.30. The number of carbonyl (C=O) groups is 1. The largest absolute Gasteiger partial charge is 0.273 e. The number of carbonyl (C=O) groups excluding carboxylic acids is 1. The van der Waals surface area contributed by atoms with E-state index in [0.717, 1.165) is 11.1 Å². The van der Waals surface area contributed by atoms with Crippen molar-refractivity contribution in [3.8, 4) is 11.8 Å². The lowest BCUT2D eigenvalue weighted by Crippen LogP contribution is -2.42. The average molecular weight is 291 g/mol. The molecule has 1 saturated heterocycles. The van der Waals surface area contributed by atoms with E-state index in [1.165, 1.54) is 5.01 Å². The fourth-order valence-corrected chi connectivity index (χ4v) is 2.30. The minimum Gasteiger partial charge on any atom is -0.273 e. The van der Waals surface area contributed by atoms with Crippen molar-refractivity contribution < 1.29 is 4.79 Å². The lowest BCUT2D eigenvalue weighted by Gasteiger charge is -2.20. The molecule has 1 aromatic carbocycles. The first kappa shape index (κ1) is 14.3. The molecule has 4 heteroatoms. The van der Waals surface area contributed by atoms with Gasteiger partial charge < -0.3 is 0 Å². The molecule has 1 N–H and O–H groups in total. The van der Waals surface area contributed by atoms with Gasteiger partial charge in [-0.05, 0) is 38.1 Å². The summed E-state index contributed by atoms with van der Waals surface area (Å²) >= 11 is 0. The van der Waals surface area contributed by atoms with Crippen LogP contribution in [-0.4, -0.2) is 16.4 Å². The number of benzene rings is 1. The number of hydrogen-bond donors (Lipinski definition) is 1. The van der Waals surface area contributed by atoms with Gasteiger partial charge in [-0.3, -0.25) is 4.79 Å². The van der Waals surface area contributed by atoms with Crippen LogP contribution >= 0.6 is 0 Å². The second-order valence-electron chi connectivity index (χ2n) is 5.92. The van der Waals surface area contributed by atoms with Gasteiger partial charge in [-0.1, -0.05) is 30.0 Å². The third-order valence-corrected chi connectivity index (χ3v) is 3.36.